The minimum atomic E-state index is 0.255. The molecular formula is C7H16O2. The molecule has 0 spiro atoms. The van der Waals surface area contributed by atoms with E-state index in [-0.39, 0.29) is 5.78 Å². The van der Waals surface area contributed by atoms with E-state index in [1.807, 2.05) is 13.8 Å². The first-order chi connectivity index (χ1) is 4.18. The van der Waals surface area contributed by atoms with Crippen molar-refractivity contribution in [3.05, 3.63) is 0 Å². The lowest BCUT2D eigenvalue weighted by Crippen LogP contribution is -1.80. The van der Waals surface area contributed by atoms with Crippen LogP contribution in [-0.4, -0.2) is 19.5 Å². The SMILES string of the molecule is CCC(C)=O.CCOC. The Morgan fingerprint density at radius 2 is 1.67 bits per heavy atom. The molecule has 0 aliphatic heterocycles. The monoisotopic (exact) mass is 132 g/mol. The predicted octanol–water partition coefficient (Wildman–Crippen LogP) is 1.64. The van der Waals surface area contributed by atoms with Crippen LogP contribution in [0.15, 0.2) is 0 Å². The molecular weight excluding hydrogens is 116 g/mol. The average molecular weight is 132 g/mol. The number of hydrogen-bond donors (Lipinski definition) is 0. The molecule has 0 amide bonds. The van der Waals surface area contributed by atoms with Crippen molar-refractivity contribution in [3.8, 4) is 0 Å². The van der Waals surface area contributed by atoms with Crippen molar-refractivity contribution >= 4 is 5.78 Å². The standard InChI is InChI=1S/C4H8O.C3H8O/c1-3-4(2)5;1-3-4-2/h3H2,1-2H3;3H2,1-2H3. The lowest BCUT2D eigenvalue weighted by atomic mass is 10.4. The Hall–Kier alpha value is -0.370. The maximum atomic E-state index is 9.81. The van der Waals surface area contributed by atoms with Gasteiger partial charge in [-0.3, -0.25) is 0 Å². The third kappa shape index (κ3) is 35.0. The molecule has 0 atom stereocenters. The molecule has 0 heterocycles. The largest absolute Gasteiger partial charge is 0.385 e. The summed E-state index contributed by atoms with van der Waals surface area (Å²) >= 11 is 0. The minimum absolute atomic E-state index is 0.255. The molecule has 0 bridgehead atoms. The van der Waals surface area contributed by atoms with Gasteiger partial charge in [0, 0.05) is 20.1 Å². The van der Waals surface area contributed by atoms with E-state index in [4.69, 9.17) is 0 Å². The van der Waals surface area contributed by atoms with Crippen molar-refractivity contribution in [2.24, 2.45) is 0 Å². The number of ether oxygens (including phenoxy) is 1. The Bertz CT molecular complexity index is 57.9. The van der Waals surface area contributed by atoms with Crippen LogP contribution >= 0.6 is 0 Å². The van der Waals surface area contributed by atoms with Gasteiger partial charge in [-0.05, 0) is 13.8 Å². The summed E-state index contributed by atoms with van der Waals surface area (Å²) in [7, 11) is 1.68. The average Bonchev–Trinajstić information content (AvgIpc) is 1.89. The Labute approximate surface area is 57.2 Å². The number of ketones is 1. The maximum Gasteiger partial charge on any atom is 0.129 e. The molecule has 0 aromatic rings. The van der Waals surface area contributed by atoms with E-state index in [1.54, 1.807) is 14.0 Å². The molecule has 2 heteroatoms. The lowest BCUT2D eigenvalue weighted by molar-refractivity contribution is -0.116. The van der Waals surface area contributed by atoms with Gasteiger partial charge in [-0.25, -0.2) is 0 Å². The van der Waals surface area contributed by atoms with E-state index < -0.39 is 0 Å². The van der Waals surface area contributed by atoms with E-state index >= 15 is 0 Å². The number of carbonyl (C=O) groups is 1. The number of rotatable bonds is 2. The van der Waals surface area contributed by atoms with E-state index in [0.29, 0.717) is 6.42 Å². The Morgan fingerprint density at radius 3 is 1.67 bits per heavy atom. The molecule has 0 unspecified atom stereocenters. The summed E-state index contributed by atoms with van der Waals surface area (Å²) < 4.78 is 4.54. The van der Waals surface area contributed by atoms with Crippen molar-refractivity contribution in [2.75, 3.05) is 13.7 Å². The molecule has 9 heavy (non-hydrogen) atoms. The summed E-state index contributed by atoms with van der Waals surface area (Å²) in [6, 6.07) is 0. The van der Waals surface area contributed by atoms with Gasteiger partial charge in [-0.2, -0.15) is 0 Å². The molecule has 0 aliphatic rings. The number of methoxy groups -OCH3 is 1. The highest BCUT2D eigenvalue weighted by Crippen LogP contribution is 1.71. The quantitative estimate of drug-likeness (QED) is 0.571. The zero-order valence-electron chi connectivity index (χ0n) is 6.73. The van der Waals surface area contributed by atoms with Gasteiger partial charge in [0.2, 0.25) is 0 Å². The molecule has 0 N–H and O–H groups in total. The fourth-order valence-corrected chi connectivity index (χ4v) is 0. The van der Waals surface area contributed by atoms with Gasteiger partial charge in [0.25, 0.3) is 0 Å². The van der Waals surface area contributed by atoms with Crippen molar-refractivity contribution in [1.29, 1.82) is 0 Å². The van der Waals surface area contributed by atoms with Gasteiger partial charge in [0.15, 0.2) is 0 Å². The summed E-state index contributed by atoms with van der Waals surface area (Å²) in [5, 5.41) is 0. The van der Waals surface area contributed by atoms with Crippen molar-refractivity contribution in [2.45, 2.75) is 27.2 Å². The van der Waals surface area contributed by atoms with Gasteiger partial charge in [0.05, 0.1) is 0 Å². The second-order valence-electron chi connectivity index (χ2n) is 1.63. The third-order valence-electron chi connectivity index (χ3n) is 0.787. The van der Waals surface area contributed by atoms with Crippen LogP contribution in [0.5, 0.6) is 0 Å². The van der Waals surface area contributed by atoms with Crippen LogP contribution in [0.25, 0.3) is 0 Å². The van der Waals surface area contributed by atoms with Gasteiger partial charge in [-0.1, -0.05) is 6.92 Å². The highest BCUT2D eigenvalue weighted by atomic mass is 16.5. The number of hydrogen-bond acceptors (Lipinski definition) is 2. The van der Waals surface area contributed by atoms with Crippen LogP contribution in [0.2, 0.25) is 0 Å². The zero-order chi connectivity index (χ0) is 7.70. The first-order valence-corrected chi connectivity index (χ1v) is 3.17. The van der Waals surface area contributed by atoms with Crippen LogP contribution in [0, 0.1) is 0 Å². The second kappa shape index (κ2) is 10.6. The molecule has 0 aromatic carbocycles. The molecule has 0 saturated carbocycles. The summed E-state index contributed by atoms with van der Waals surface area (Å²) in [5.74, 6) is 0.255. The molecule has 0 saturated heterocycles. The van der Waals surface area contributed by atoms with Crippen molar-refractivity contribution in [3.63, 3.8) is 0 Å². The predicted molar refractivity (Wildman–Crippen MR) is 38.5 cm³/mol. The molecule has 0 fully saturated rings. The Morgan fingerprint density at radius 1 is 1.44 bits per heavy atom. The summed E-state index contributed by atoms with van der Waals surface area (Å²) in [6.45, 7) is 6.21. The Balaban J connectivity index is 0. The van der Waals surface area contributed by atoms with Gasteiger partial charge >= 0.3 is 0 Å². The molecule has 0 rings (SSSR count). The maximum absolute atomic E-state index is 9.81. The van der Waals surface area contributed by atoms with E-state index in [9.17, 15) is 4.79 Å². The van der Waals surface area contributed by atoms with Gasteiger partial charge < -0.3 is 9.53 Å². The van der Waals surface area contributed by atoms with E-state index in [0.717, 1.165) is 6.61 Å². The van der Waals surface area contributed by atoms with Crippen LogP contribution in [-0.2, 0) is 9.53 Å². The fraction of sp³-hybridized carbons (Fsp3) is 0.857. The molecule has 0 aliphatic carbocycles. The highest BCUT2D eigenvalue weighted by molar-refractivity contribution is 5.74. The Kier molecular flexibility index (Phi) is 13.4. The van der Waals surface area contributed by atoms with Crippen molar-refractivity contribution < 1.29 is 9.53 Å². The zero-order valence-corrected chi connectivity index (χ0v) is 6.73. The van der Waals surface area contributed by atoms with E-state index in [2.05, 4.69) is 4.74 Å². The molecule has 2 nitrogen and oxygen atoms in total. The van der Waals surface area contributed by atoms with Crippen LogP contribution < -0.4 is 0 Å². The van der Waals surface area contributed by atoms with Crippen LogP contribution in [0.1, 0.15) is 27.2 Å². The van der Waals surface area contributed by atoms with Crippen molar-refractivity contribution in [1.82, 2.24) is 0 Å². The number of carbonyl (C=O) groups excluding carboxylic acids is 1. The van der Waals surface area contributed by atoms with Gasteiger partial charge in [-0.15, -0.1) is 0 Å². The summed E-state index contributed by atoms with van der Waals surface area (Å²) in [6.07, 6.45) is 0.667. The van der Waals surface area contributed by atoms with Gasteiger partial charge in [0.1, 0.15) is 5.78 Å². The second-order valence-corrected chi connectivity index (χ2v) is 1.63. The van der Waals surface area contributed by atoms with E-state index in [1.165, 1.54) is 0 Å². The lowest BCUT2D eigenvalue weighted by Gasteiger charge is -1.76. The summed E-state index contributed by atoms with van der Waals surface area (Å²) in [5.41, 5.74) is 0. The smallest absolute Gasteiger partial charge is 0.129 e. The first-order valence-electron chi connectivity index (χ1n) is 3.17. The number of Topliss-reactive ketones (excluding diaryl/α,β-unsaturated/α-hetero) is 1. The molecule has 0 radical (unpaired) electrons. The molecule has 0 aromatic heterocycles. The third-order valence-corrected chi connectivity index (χ3v) is 0.787. The van der Waals surface area contributed by atoms with Crippen LogP contribution in [0.4, 0.5) is 0 Å². The summed E-state index contributed by atoms with van der Waals surface area (Å²) in [4.78, 5) is 9.81. The first kappa shape index (κ1) is 11.4. The normalized spacial score (nSPS) is 7.56. The van der Waals surface area contributed by atoms with Crippen LogP contribution in [0.3, 0.4) is 0 Å². The highest BCUT2D eigenvalue weighted by Gasteiger charge is 1.76. The topological polar surface area (TPSA) is 26.3 Å². The molecule has 56 valence electrons. The fourth-order valence-electron chi connectivity index (χ4n) is 0. The minimum Gasteiger partial charge on any atom is -0.385 e.